The quantitative estimate of drug-likeness (QED) is 0.527. The monoisotopic (exact) mass is 112 g/mol. The largest absolute Gasteiger partial charge is 0.378 e. The molecule has 0 heterocycles. The molecule has 0 rings (SSSR count). The Bertz CT molecular complexity index is 32.0. The summed E-state index contributed by atoms with van der Waals surface area (Å²) >= 11 is 4.89. The molecule has 0 saturated heterocycles. The molecule has 0 bridgehead atoms. The first-order chi connectivity index (χ1) is 2.77. The van der Waals surface area contributed by atoms with Crippen molar-refractivity contribution in [2.75, 3.05) is 6.67 Å². The fourth-order valence-electron chi connectivity index (χ4n) is 0.0900. The predicted octanol–water partition coefficient (Wildman–Crippen LogP) is 0.903. The molecule has 0 aliphatic carbocycles. The van der Waals surface area contributed by atoms with Crippen molar-refractivity contribution in [3.05, 3.63) is 0 Å². The van der Waals surface area contributed by atoms with E-state index in [0.717, 1.165) is 0 Å². The van der Waals surface area contributed by atoms with Gasteiger partial charge in [-0.3, -0.25) is 4.39 Å². The third kappa shape index (κ3) is 4.18. The van der Waals surface area contributed by atoms with Crippen LogP contribution in [0.3, 0.4) is 0 Å². The minimum Gasteiger partial charge on any atom is -0.378 e. The molecule has 1 atom stereocenters. The highest BCUT2D eigenvalue weighted by molar-refractivity contribution is 6.19. The molecule has 0 aliphatic rings. The number of aliphatic hydroxyl groups excluding tert-OH is 1. The van der Waals surface area contributed by atoms with Crippen LogP contribution in [-0.2, 0) is 0 Å². The first-order valence-corrected chi connectivity index (χ1v) is 2.09. The summed E-state index contributed by atoms with van der Waals surface area (Å²) in [6.07, 6.45) is 0.0293. The van der Waals surface area contributed by atoms with Crippen LogP contribution in [0.1, 0.15) is 6.42 Å². The Morgan fingerprint density at radius 3 is 2.33 bits per heavy atom. The van der Waals surface area contributed by atoms with Crippen LogP contribution in [0.5, 0.6) is 0 Å². The van der Waals surface area contributed by atoms with Gasteiger partial charge in [0.15, 0.2) is 0 Å². The van der Waals surface area contributed by atoms with Gasteiger partial charge in [0.2, 0.25) is 0 Å². The molecule has 0 aromatic carbocycles. The van der Waals surface area contributed by atoms with Gasteiger partial charge in [0.05, 0.1) is 6.67 Å². The number of hydrogen-bond acceptors (Lipinski definition) is 1. The third-order valence-electron chi connectivity index (χ3n) is 0.347. The normalized spacial score (nSPS) is 14.5. The molecule has 1 nitrogen and oxygen atoms in total. The van der Waals surface area contributed by atoms with Crippen LogP contribution in [0.15, 0.2) is 0 Å². The standard InChI is InChI=1S/C3H6ClFO/c4-3(6)1-2-5/h3,6H,1-2H2. The van der Waals surface area contributed by atoms with Crippen molar-refractivity contribution in [1.82, 2.24) is 0 Å². The zero-order valence-corrected chi connectivity index (χ0v) is 3.95. The molecule has 1 unspecified atom stereocenters. The number of rotatable bonds is 2. The van der Waals surface area contributed by atoms with Gasteiger partial charge in [0, 0.05) is 6.42 Å². The van der Waals surface area contributed by atoms with Gasteiger partial charge in [-0.1, -0.05) is 11.6 Å². The van der Waals surface area contributed by atoms with E-state index in [-0.39, 0.29) is 6.42 Å². The maximum absolute atomic E-state index is 11.0. The lowest BCUT2D eigenvalue weighted by molar-refractivity contribution is 0.230. The molecule has 0 aliphatic heterocycles. The minimum atomic E-state index is -1.00. The first-order valence-electron chi connectivity index (χ1n) is 1.65. The van der Waals surface area contributed by atoms with Crippen molar-refractivity contribution >= 4 is 11.6 Å². The van der Waals surface area contributed by atoms with E-state index in [1.54, 1.807) is 0 Å². The van der Waals surface area contributed by atoms with E-state index in [9.17, 15) is 4.39 Å². The lowest BCUT2D eigenvalue weighted by atomic mass is 10.5. The van der Waals surface area contributed by atoms with Crippen LogP contribution in [-0.4, -0.2) is 17.3 Å². The van der Waals surface area contributed by atoms with Crippen LogP contribution in [0.4, 0.5) is 4.39 Å². The lowest BCUT2D eigenvalue weighted by Gasteiger charge is -1.90. The maximum Gasteiger partial charge on any atom is 0.130 e. The summed E-state index contributed by atoms with van der Waals surface area (Å²) in [5.41, 5.74) is -1.00. The highest BCUT2D eigenvalue weighted by atomic mass is 35.5. The van der Waals surface area contributed by atoms with E-state index in [1.165, 1.54) is 0 Å². The zero-order valence-electron chi connectivity index (χ0n) is 3.19. The molecule has 1 N–H and O–H groups in total. The fourth-order valence-corrected chi connectivity index (χ4v) is 0.173. The molecule has 0 amide bonds. The summed E-state index contributed by atoms with van der Waals surface area (Å²) in [4.78, 5) is 0. The molecule has 3 heteroatoms. The Labute approximate surface area is 40.7 Å². The fraction of sp³-hybridized carbons (Fsp3) is 1.00. The number of halogens is 2. The maximum atomic E-state index is 11.0. The Hall–Kier alpha value is 0.180. The van der Waals surface area contributed by atoms with E-state index in [2.05, 4.69) is 0 Å². The molecule has 0 aromatic heterocycles. The smallest absolute Gasteiger partial charge is 0.130 e. The molecular formula is C3H6ClFO. The second kappa shape index (κ2) is 3.37. The zero-order chi connectivity index (χ0) is 4.99. The topological polar surface area (TPSA) is 20.2 Å². The average molecular weight is 113 g/mol. The molecule has 0 radical (unpaired) electrons. The Morgan fingerprint density at radius 1 is 1.83 bits per heavy atom. The van der Waals surface area contributed by atoms with Gasteiger partial charge in [-0.25, -0.2) is 0 Å². The Kier molecular flexibility index (Phi) is 3.47. The summed E-state index contributed by atoms with van der Waals surface area (Å²) in [5, 5.41) is 8.08. The molecule has 0 spiro atoms. The van der Waals surface area contributed by atoms with Gasteiger partial charge in [-0.2, -0.15) is 0 Å². The first kappa shape index (κ1) is 6.18. The van der Waals surface area contributed by atoms with Crippen LogP contribution >= 0.6 is 11.6 Å². The minimum absolute atomic E-state index is 0.0293. The second-order valence-electron chi connectivity index (χ2n) is 0.912. The van der Waals surface area contributed by atoms with Gasteiger partial charge in [0.25, 0.3) is 0 Å². The Balaban J connectivity index is 2.63. The molecule has 38 valence electrons. The average Bonchev–Trinajstić information content (AvgIpc) is 1.35. The molecule has 0 saturated carbocycles. The summed E-state index contributed by atoms with van der Waals surface area (Å²) < 4.78 is 11.0. The highest BCUT2D eigenvalue weighted by Gasteiger charge is 1.92. The Morgan fingerprint density at radius 2 is 2.33 bits per heavy atom. The molecular weight excluding hydrogens is 106 g/mol. The number of aliphatic hydroxyl groups is 1. The highest BCUT2D eigenvalue weighted by Crippen LogP contribution is 1.94. The SMILES string of the molecule is OC(Cl)CCF. The lowest BCUT2D eigenvalue weighted by Crippen LogP contribution is -1.94. The molecule has 0 fully saturated rings. The van der Waals surface area contributed by atoms with Gasteiger partial charge in [-0.05, 0) is 0 Å². The van der Waals surface area contributed by atoms with Gasteiger partial charge >= 0.3 is 0 Å². The van der Waals surface area contributed by atoms with Gasteiger partial charge in [0.1, 0.15) is 5.56 Å². The summed E-state index contributed by atoms with van der Waals surface area (Å²) in [7, 11) is 0. The summed E-state index contributed by atoms with van der Waals surface area (Å²) in [6, 6.07) is 0. The van der Waals surface area contributed by atoms with E-state index in [0.29, 0.717) is 0 Å². The van der Waals surface area contributed by atoms with E-state index in [1.807, 2.05) is 0 Å². The summed E-state index contributed by atoms with van der Waals surface area (Å²) in [5.74, 6) is 0. The van der Waals surface area contributed by atoms with Crippen LogP contribution in [0.25, 0.3) is 0 Å². The van der Waals surface area contributed by atoms with Crippen molar-refractivity contribution in [3.8, 4) is 0 Å². The van der Waals surface area contributed by atoms with Crippen LogP contribution in [0.2, 0.25) is 0 Å². The van der Waals surface area contributed by atoms with Gasteiger partial charge < -0.3 is 5.11 Å². The van der Waals surface area contributed by atoms with Gasteiger partial charge in [-0.15, -0.1) is 0 Å². The van der Waals surface area contributed by atoms with Crippen molar-refractivity contribution in [3.63, 3.8) is 0 Å². The predicted molar refractivity (Wildman–Crippen MR) is 22.5 cm³/mol. The van der Waals surface area contributed by atoms with Crippen molar-refractivity contribution < 1.29 is 9.50 Å². The molecule has 6 heavy (non-hydrogen) atoms. The number of hydrogen-bond donors (Lipinski definition) is 1. The van der Waals surface area contributed by atoms with Crippen LogP contribution in [0, 0.1) is 0 Å². The van der Waals surface area contributed by atoms with E-state index in [4.69, 9.17) is 16.7 Å². The number of alkyl halides is 2. The van der Waals surface area contributed by atoms with Crippen molar-refractivity contribution in [2.24, 2.45) is 0 Å². The third-order valence-corrected chi connectivity index (χ3v) is 0.566. The van der Waals surface area contributed by atoms with Crippen molar-refractivity contribution in [2.45, 2.75) is 12.0 Å². The van der Waals surface area contributed by atoms with E-state index < -0.39 is 12.2 Å². The van der Waals surface area contributed by atoms with Crippen LogP contribution < -0.4 is 0 Å². The second-order valence-corrected chi connectivity index (χ2v) is 1.42. The summed E-state index contributed by atoms with van der Waals surface area (Å²) in [6.45, 7) is -0.551. The van der Waals surface area contributed by atoms with Crippen molar-refractivity contribution in [1.29, 1.82) is 0 Å². The van der Waals surface area contributed by atoms with E-state index >= 15 is 0 Å². The molecule has 0 aromatic rings.